The number of halogens is 1. The summed E-state index contributed by atoms with van der Waals surface area (Å²) in [5.74, 6) is -1.54. The predicted molar refractivity (Wildman–Crippen MR) is 80.6 cm³/mol. The molecule has 2 heterocycles. The molecule has 0 bridgehead atoms. The van der Waals surface area contributed by atoms with Crippen LogP contribution in [0.5, 0.6) is 0 Å². The van der Waals surface area contributed by atoms with Crippen LogP contribution in [0.4, 0.5) is 4.39 Å². The van der Waals surface area contributed by atoms with Crippen molar-refractivity contribution in [2.45, 2.75) is 4.90 Å². The average Bonchev–Trinajstić information content (AvgIpc) is 2.88. The first kappa shape index (κ1) is 15.2. The summed E-state index contributed by atoms with van der Waals surface area (Å²) in [6.07, 6.45) is 5.12. The van der Waals surface area contributed by atoms with Crippen molar-refractivity contribution in [2.24, 2.45) is 0 Å². The zero-order chi connectivity index (χ0) is 16.6. The van der Waals surface area contributed by atoms with Crippen LogP contribution in [0.25, 0.3) is 16.9 Å². The van der Waals surface area contributed by atoms with E-state index in [0.29, 0.717) is 16.9 Å². The zero-order valence-corrected chi connectivity index (χ0v) is 12.7. The molecule has 0 atom stereocenters. The van der Waals surface area contributed by atoms with Gasteiger partial charge in [0, 0.05) is 18.0 Å². The molecular formula is C15H11FN2O4S. The Hall–Kier alpha value is -2.74. The molecule has 8 heteroatoms. The van der Waals surface area contributed by atoms with Crippen LogP contribution >= 0.6 is 0 Å². The Labute approximate surface area is 130 Å². The lowest BCUT2D eigenvalue weighted by Crippen LogP contribution is -2.13. The van der Waals surface area contributed by atoms with Crippen LogP contribution in [-0.4, -0.2) is 24.2 Å². The molecular weight excluding hydrogens is 323 g/mol. The molecule has 1 aromatic carbocycles. The number of nitrogens with zero attached hydrogens (tertiary/aromatic N) is 2. The highest BCUT2D eigenvalue weighted by atomic mass is 32.2. The summed E-state index contributed by atoms with van der Waals surface area (Å²) in [4.78, 5) is 15.4. The second-order valence-corrected chi connectivity index (χ2v) is 6.84. The summed E-state index contributed by atoms with van der Waals surface area (Å²) in [6, 6.07) is 6.91. The van der Waals surface area contributed by atoms with Crippen molar-refractivity contribution in [3.63, 3.8) is 0 Å². The van der Waals surface area contributed by atoms with Gasteiger partial charge in [-0.05, 0) is 24.3 Å². The lowest BCUT2D eigenvalue weighted by atomic mass is 10.1. The van der Waals surface area contributed by atoms with Gasteiger partial charge in [-0.2, -0.15) is 0 Å². The van der Waals surface area contributed by atoms with E-state index in [4.69, 9.17) is 4.42 Å². The largest absolute Gasteiger partial charge is 0.424 e. The van der Waals surface area contributed by atoms with E-state index >= 15 is 0 Å². The molecule has 0 fully saturated rings. The molecule has 118 valence electrons. The summed E-state index contributed by atoms with van der Waals surface area (Å²) in [5.41, 5.74) is 1.06. The lowest BCUT2D eigenvalue weighted by Gasteiger charge is -2.07. The topological polar surface area (TPSA) is 82.2 Å². The first-order valence-corrected chi connectivity index (χ1v) is 8.38. The second kappa shape index (κ2) is 5.47. The van der Waals surface area contributed by atoms with Crippen LogP contribution in [0.3, 0.4) is 0 Å². The molecule has 0 aliphatic rings. The van der Waals surface area contributed by atoms with Crippen LogP contribution in [0.2, 0.25) is 0 Å². The Morgan fingerprint density at radius 1 is 1.26 bits per heavy atom. The number of hydrogen-bond acceptors (Lipinski definition) is 5. The highest BCUT2D eigenvalue weighted by molar-refractivity contribution is 7.90. The van der Waals surface area contributed by atoms with Gasteiger partial charge in [-0.3, -0.25) is 4.98 Å². The fourth-order valence-corrected chi connectivity index (χ4v) is 2.93. The first-order chi connectivity index (χ1) is 10.9. The minimum absolute atomic E-state index is 0.293. The Bertz CT molecular complexity index is 1020. The van der Waals surface area contributed by atoms with E-state index in [1.165, 1.54) is 23.1 Å². The summed E-state index contributed by atoms with van der Waals surface area (Å²) < 4.78 is 43.1. The summed E-state index contributed by atoms with van der Waals surface area (Å²) in [6.45, 7) is 0. The SMILES string of the molecule is CS(=O)(=O)c1ccc(-c2coc(=O)n2-c2cccnc2)cc1F. The molecule has 0 radical (unpaired) electrons. The highest BCUT2D eigenvalue weighted by Gasteiger charge is 2.17. The quantitative estimate of drug-likeness (QED) is 0.732. The number of pyridine rings is 1. The Balaban J connectivity index is 2.18. The Kier molecular flexibility index (Phi) is 3.61. The summed E-state index contributed by atoms with van der Waals surface area (Å²) >= 11 is 0. The van der Waals surface area contributed by atoms with E-state index in [9.17, 15) is 17.6 Å². The van der Waals surface area contributed by atoms with Crippen molar-refractivity contribution < 1.29 is 17.2 Å². The molecule has 0 spiro atoms. The molecule has 0 saturated heterocycles. The monoisotopic (exact) mass is 334 g/mol. The lowest BCUT2D eigenvalue weighted by molar-refractivity contribution is 0.504. The molecule has 2 aromatic heterocycles. The number of oxazole rings is 1. The third-order valence-corrected chi connectivity index (χ3v) is 4.36. The third-order valence-electron chi connectivity index (χ3n) is 3.23. The van der Waals surface area contributed by atoms with Crippen molar-refractivity contribution in [2.75, 3.05) is 6.26 Å². The van der Waals surface area contributed by atoms with E-state index in [-0.39, 0.29) is 0 Å². The molecule has 3 rings (SSSR count). The normalized spacial score (nSPS) is 11.6. The zero-order valence-electron chi connectivity index (χ0n) is 11.9. The highest BCUT2D eigenvalue weighted by Crippen LogP contribution is 2.25. The molecule has 0 aliphatic heterocycles. The van der Waals surface area contributed by atoms with Crippen LogP contribution in [0.15, 0.2) is 63.1 Å². The van der Waals surface area contributed by atoms with E-state index in [1.807, 2.05) is 0 Å². The van der Waals surface area contributed by atoms with Gasteiger partial charge in [-0.1, -0.05) is 6.07 Å². The van der Waals surface area contributed by atoms with E-state index in [1.54, 1.807) is 18.3 Å². The van der Waals surface area contributed by atoms with E-state index in [0.717, 1.165) is 18.4 Å². The predicted octanol–water partition coefficient (Wildman–Crippen LogP) is 2.04. The van der Waals surface area contributed by atoms with Crippen molar-refractivity contribution >= 4 is 9.84 Å². The number of rotatable bonds is 3. The summed E-state index contributed by atoms with van der Waals surface area (Å²) in [5, 5.41) is 0. The van der Waals surface area contributed by atoms with Gasteiger partial charge in [0.1, 0.15) is 17.0 Å². The van der Waals surface area contributed by atoms with Gasteiger partial charge in [-0.15, -0.1) is 0 Å². The molecule has 0 unspecified atom stereocenters. The van der Waals surface area contributed by atoms with Gasteiger partial charge in [0.15, 0.2) is 9.84 Å². The Morgan fingerprint density at radius 2 is 2.04 bits per heavy atom. The maximum atomic E-state index is 14.1. The fraction of sp³-hybridized carbons (Fsp3) is 0.0667. The van der Waals surface area contributed by atoms with Crippen molar-refractivity contribution in [1.82, 2.24) is 9.55 Å². The van der Waals surface area contributed by atoms with Crippen LogP contribution in [0, 0.1) is 5.82 Å². The third kappa shape index (κ3) is 2.80. The standard InChI is InChI=1S/C15H11FN2O4S/c1-23(20,21)14-5-4-10(7-12(14)16)13-9-22-15(19)18(13)11-3-2-6-17-8-11/h2-9H,1H3. The fourth-order valence-electron chi connectivity index (χ4n) is 2.20. The molecule has 0 N–H and O–H groups in total. The van der Waals surface area contributed by atoms with Gasteiger partial charge < -0.3 is 4.42 Å². The van der Waals surface area contributed by atoms with Crippen LogP contribution in [0.1, 0.15) is 0 Å². The van der Waals surface area contributed by atoms with Crippen molar-refractivity contribution in [3.8, 4) is 16.9 Å². The molecule has 23 heavy (non-hydrogen) atoms. The number of benzene rings is 1. The number of sulfone groups is 1. The first-order valence-electron chi connectivity index (χ1n) is 6.49. The number of aromatic nitrogens is 2. The van der Waals surface area contributed by atoms with Crippen molar-refractivity contribution in [1.29, 1.82) is 0 Å². The van der Waals surface area contributed by atoms with Gasteiger partial charge >= 0.3 is 5.76 Å². The summed E-state index contributed by atoms with van der Waals surface area (Å²) in [7, 11) is -3.67. The van der Waals surface area contributed by atoms with Crippen LogP contribution < -0.4 is 5.76 Å². The van der Waals surface area contributed by atoms with Gasteiger partial charge in [0.05, 0.1) is 17.6 Å². The maximum absolute atomic E-state index is 14.1. The molecule has 0 saturated carbocycles. The minimum Gasteiger partial charge on any atom is -0.415 e. The van der Waals surface area contributed by atoms with E-state index in [2.05, 4.69) is 4.98 Å². The van der Waals surface area contributed by atoms with E-state index < -0.39 is 26.3 Å². The molecule has 0 aliphatic carbocycles. The molecule has 3 aromatic rings. The van der Waals surface area contributed by atoms with Crippen molar-refractivity contribution in [3.05, 3.63) is 65.4 Å². The maximum Gasteiger partial charge on any atom is 0.424 e. The Morgan fingerprint density at radius 3 is 2.65 bits per heavy atom. The van der Waals surface area contributed by atoms with Gasteiger partial charge in [-0.25, -0.2) is 22.2 Å². The average molecular weight is 334 g/mol. The van der Waals surface area contributed by atoms with Gasteiger partial charge in [0.2, 0.25) is 0 Å². The molecule has 0 amide bonds. The van der Waals surface area contributed by atoms with Gasteiger partial charge in [0.25, 0.3) is 0 Å². The second-order valence-electron chi connectivity index (χ2n) is 4.85. The minimum atomic E-state index is -3.67. The van der Waals surface area contributed by atoms with Crippen LogP contribution in [-0.2, 0) is 9.84 Å². The smallest absolute Gasteiger partial charge is 0.415 e. The molecule has 6 nitrogen and oxygen atoms in total. The number of hydrogen-bond donors (Lipinski definition) is 0.